The van der Waals surface area contributed by atoms with Crippen LogP contribution in [0.3, 0.4) is 0 Å². The van der Waals surface area contributed by atoms with Crippen molar-refractivity contribution >= 4 is 11.3 Å². The molecule has 0 bridgehead atoms. The first-order chi connectivity index (χ1) is 6.22. The fraction of sp³-hybridized carbons (Fsp3) is 0.636. The highest BCUT2D eigenvalue weighted by Crippen LogP contribution is 2.50. The molecule has 1 nitrogen and oxygen atoms in total. The van der Waals surface area contributed by atoms with Gasteiger partial charge in [-0.1, -0.05) is 6.92 Å². The summed E-state index contributed by atoms with van der Waals surface area (Å²) in [6.45, 7) is 4.34. The molecule has 0 aromatic carbocycles. The van der Waals surface area contributed by atoms with Gasteiger partial charge in [-0.15, -0.1) is 11.3 Å². The lowest BCUT2D eigenvalue weighted by Gasteiger charge is -2.00. The third-order valence-electron chi connectivity index (χ3n) is 2.91. The van der Waals surface area contributed by atoms with Crippen molar-refractivity contribution in [3.63, 3.8) is 0 Å². The first-order valence-corrected chi connectivity index (χ1v) is 5.88. The summed E-state index contributed by atoms with van der Waals surface area (Å²) in [7, 11) is 0. The maximum absolute atomic E-state index is 5.87. The van der Waals surface area contributed by atoms with E-state index in [1.54, 1.807) is 4.88 Å². The summed E-state index contributed by atoms with van der Waals surface area (Å²) in [6, 6.07) is 4.92. The van der Waals surface area contributed by atoms with Gasteiger partial charge in [0.15, 0.2) is 0 Å². The van der Waals surface area contributed by atoms with Crippen molar-refractivity contribution in [3.8, 4) is 0 Å². The number of hydrogen-bond donors (Lipinski definition) is 1. The summed E-state index contributed by atoms with van der Waals surface area (Å²) in [5.74, 6) is 1.54. The van der Waals surface area contributed by atoms with Crippen molar-refractivity contribution < 1.29 is 0 Å². The van der Waals surface area contributed by atoms with Crippen LogP contribution in [0.1, 0.15) is 35.9 Å². The molecular weight excluding hydrogens is 178 g/mol. The Morgan fingerprint density at radius 1 is 1.62 bits per heavy atom. The number of rotatable bonds is 3. The summed E-state index contributed by atoms with van der Waals surface area (Å²) in [5.41, 5.74) is 5.87. The van der Waals surface area contributed by atoms with Gasteiger partial charge in [-0.25, -0.2) is 0 Å². The highest BCUT2D eigenvalue weighted by molar-refractivity contribution is 7.12. The van der Waals surface area contributed by atoms with Gasteiger partial charge in [0, 0.05) is 15.8 Å². The summed E-state index contributed by atoms with van der Waals surface area (Å²) in [5, 5.41) is 0. The van der Waals surface area contributed by atoms with Crippen LogP contribution in [-0.4, -0.2) is 6.04 Å². The molecule has 1 aromatic heterocycles. The molecule has 0 radical (unpaired) electrons. The van der Waals surface area contributed by atoms with Crippen LogP contribution >= 0.6 is 11.3 Å². The van der Waals surface area contributed by atoms with Crippen LogP contribution in [-0.2, 0) is 6.42 Å². The van der Waals surface area contributed by atoms with Gasteiger partial charge in [0.1, 0.15) is 0 Å². The van der Waals surface area contributed by atoms with Crippen molar-refractivity contribution in [2.24, 2.45) is 11.7 Å². The predicted octanol–water partition coefficient (Wildman–Crippen LogP) is 2.76. The Bertz CT molecular complexity index is 290. The summed E-state index contributed by atoms with van der Waals surface area (Å²) in [4.78, 5) is 3.06. The maximum Gasteiger partial charge on any atom is 0.00826 e. The van der Waals surface area contributed by atoms with E-state index in [0.717, 1.165) is 11.8 Å². The van der Waals surface area contributed by atoms with Crippen molar-refractivity contribution in [1.29, 1.82) is 0 Å². The molecule has 0 saturated heterocycles. The van der Waals surface area contributed by atoms with E-state index >= 15 is 0 Å². The Balaban J connectivity index is 2.03. The number of hydrogen-bond acceptors (Lipinski definition) is 2. The minimum Gasteiger partial charge on any atom is -0.328 e. The third-order valence-corrected chi connectivity index (χ3v) is 4.27. The molecule has 1 aromatic rings. The highest BCUT2D eigenvalue weighted by Gasteiger charge is 2.41. The van der Waals surface area contributed by atoms with Gasteiger partial charge in [-0.05, 0) is 43.7 Å². The van der Waals surface area contributed by atoms with Crippen LogP contribution in [0.15, 0.2) is 12.1 Å². The van der Waals surface area contributed by atoms with Gasteiger partial charge in [0.2, 0.25) is 0 Å². The summed E-state index contributed by atoms with van der Waals surface area (Å²) in [6.07, 6.45) is 2.47. The number of aryl methyl sites for hydroxylation is 1. The van der Waals surface area contributed by atoms with E-state index in [1.807, 2.05) is 11.3 Å². The summed E-state index contributed by atoms with van der Waals surface area (Å²) < 4.78 is 0. The molecule has 3 unspecified atom stereocenters. The lowest BCUT2D eigenvalue weighted by Crippen LogP contribution is -2.17. The van der Waals surface area contributed by atoms with E-state index in [2.05, 4.69) is 26.0 Å². The van der Waals surface area contributed by atoms with Crippen LogP contribution in [0.4, 0.5) is 0 Å². The summed E-state index contributed by atoms with van der Waals surface area (Å²) >= 11 is 1.97. The van der Waals surface area contributed by atoms with Gasteiger partial charge in [0.05, 0.1) is 0 Å². The second kappa shape index (κ2) is 3.43. The van der Waals surface area contributed by atoms with E-state index in [1.165, 1.54) is 17.7 Å². The molecule has 0 amide bonds. The van der Waals surface area contributed by atoms with Crippen molar-refractivity contribution in [1.82, 2.24) is 0 Å². The van der Waals surface area contributed by atoms with E-state index in [-0.39, 0.29) is 0 Å². The zero-order valence-electron chi connectivity index (χ0n) is 8.29. The van der Waals surface area contributed by atoms with Crippen molar-refractivity contribution in [3.05, 3.63) is 21.9 Å². The Morgan fingerprint density at radius 3 is 2.85 bits per heavy atom. The second-order valence-electron chi connectivity index (χ2n) is 4.02. The normalized spacial score (nSPS) is 28.8. The Labute approximate surface area is 84.0 Å². The van der Waals surface area contributed by atoms with E-state index in [4.69, 9.17) is 5.73 Å². The predicted molar refractivity (Wildman–Crippen MR) is 58.2 cm³/mol. The highest BCUT2D eigenvalue weighted by atomic mass is 32.1. The largest absolute Gasteiger partial charge is 0.328 e. The molecule has 2 N–H and O–H groups in total. The molecule has 1 aliphatic carbocycles. The average Bonchev–Trinajstić information content (AvgIpc) is 2.78. The minimum absolute atomic E-state index is 0.372. The molecule has 0 spiro atoms. The molecule has 13 heavy (non-hydrogen) atoms. The molecule has 72 valence electrons. The Kier molecular flexibility index (Phi) is 2.43. The molecule has 1 saturated carbocycles. The van der Waals surface area contributed by atoms with Crippen LogP contribution < -0.4 is 5.73 Å². The quantitative estimate of drug-likeness (QED) is 0.788. The van der Waals surface area contributed by atoms with E-state index < -0.39 is 0 Å². The molecule has 3 atom stereocenters. The molecule has 2 rings (SSSR count). The third kappa shape index (κ3) is 1.79. The van der Waals surface area contributed by atoms with E-state index in [9.17, 15) is 0 Å². The Hall–Kier alpha value is -0.340. The lowest BCUT2D eigenvalue weighted by molar-refractivity contribution is 0.633. The SMILES string of the molecule is CCc1ccc(C2CC2C(C)N)s1. The van der Waals surface area contributed by atoms with Gasteiger partial charge < -0.3 is 5.73 Å². The molecule has 0 aliphatic heterocycles. The molecule has 1 heterocycles. The fourth-order valence-electron chi connectivity index (χ4n) is 1.91. The number of thiophene rings is 1. The maximum atomic E-state index is 5.87. The molecular formula is C11H17NS. The molecule has 1 fully saturated rings. The number of nitrogens with two attached hydrogens (primary N) is 1. The van der Waals surface area contributed by atoms with Gasteiger partial charge in [-0.3, -0.25) is 0 Å². The van der Waals surface area contributed by atoms with Crippen LogP contribution in [0, 0.1) is 5.92 Å². The zero-order valence-corrected chi connectivity index (χ0v) is 9.10. The monoisotopic (exact) mass is 195 g/mol. The van der Waals surface area contributed by atoms with Crippen molar-refractivity contribution in [2.45, 2.75) is 38.6 Å². The lowest BCUT2D eigenvalue weighted by atomic mass is 10.2. The first-order valence-electron chi connectivity index (χ1n) is 5.06. The van der Waals surface area contributed by atoms with Gasteiger partial charge >= 0.3 is 0 Å². The standard InChI is InChI=1S/C11H17NS/c1-3-8-4-5-11(13-8)10-6-9(10)7(2)12/h4-5,7,9-10H,3,6,12H2,1-2H3. The zero-order chi connectivity index (χ0) is 9.42. The minimum atomic E-state index is 0.372. The molecule has 1 aliphatic rings. The Morgan fingerprint density at radius 2 is 2.38 bits per heavy atom. The van der Waals surface area contributed by atoms with E-state index in [0.29, 0.717) is 6.04 Å². The van der Waals surface area contributed by atoms with Crippen LogP contribution in [0.2, 0.25) is 0 Å². The second-order valence-corrected chi connectivity index (χ2v) is 5.22. The van der Waals surface area contributed by atoms with Gasteiger partial charge in [0.25, 0.3) is 0 Å². The average molecular weight is 195 g/mol. The van der Waals surface area contributed by atoms with Crippen molar-refractivity contribution in [2.75, 3.05) is 0 Å². The fourth-order valence-corrected chi connectivity index (χ4v) is 3.05. The molecule has 2 heteroatoms. The topological polar surface area (TPSA) is 26.0 Å². The van der Waals surface area contributed by atoms with Crippen LogP contribution in [0.5, 0.6) is 0 Å². The smallest absolute Gasteiger partial charge is 0.00826 e. The van der Waals surface area contributed by atoms with Gasteiger partial charge in [-0.2, -0.15) is 0 Å². The van der Waals surface area contributed by atoms with Crippen LogP contribution in [0.25, 0.3) is 0 Å². The first kappa shape index (κ1) is 9.22.